The number of anilines is 1. The minimum absolute atomic E-state index is 0.323. The summed E-state index contributed by atoms with van der Waals surface area (Å²) in [4.78, 5) is 4.29. The Morgan fingerprint density at radius 1 is 1.15 bits per heavy atom. The second-order valence-corrected chi connectivity index (χ2v) is 6.22. The lowest BCUT2D eigenvalue weighted by Crippen LogP contribution is -2.02. The van der Waals surface area contributed by atoms with Crippen LogP contribution in [0.3, 0.4) is 0 Å². The van der Waals surface area contributed by atoms with E-state index in [1.54, 1.807) is 10.6 Å². The Labute approximate surface area is 131 Å². The Morgan fingerprint density at radius 2 is 1.90 bits per heavy atom. The van der Waals surface area contributed by atoms with Gasteiger partial charge in [-0.3, -0.25) is 4.57 Å². The van der Waals surface area contributed by atoms with E-state index in [9.17, 15) is 4.39 Å². The standard InChI is InChI=1S/C14H10Br2FN3/c1-7-2-3-8(15)12(4-7)20-13-6-10(17)9(16)5-11(13)19-14(20)18/h2-6H,1H3,(H2,18,19). The molecule has 0 fully saturated rings. The van der Waals surface area contributed by atoms with Crippen molar-refractivity contribution in [3.63, 3.8) is 0 Å². The molecule has 0 aliphatic carbocycles. The summed E-state index contributed by atoms with van der Waals surface area (Å²) >= 11 is 6.66. The van der Waals surface area contributed by atoms with Crippen molar-refractivity contribution in [2.75, 3.05) is 5.73 Å². The third-order valence-electron chi connectivity index (χ3n) is 3.07. The second kappa shape index (κ2) is 4.86. The highest BCUT2D eigenvalue weighted by Crippen LogP contribution is 2.31. The van der Waals surface area contributed by atoms with E-state index in [4.69, 9.17) is 5.73 Å². The Balaban J connectivity index is 2.38. The number of imidazole rings is 1. The van der Waals surface area contributed by atoms with Gasteiger partial charge in [-0.2, -0.15) is 0 Å². The summed E-state index contributed by atoms with van der Waals surface area (Å²) in [6.07, 6.45) is 0. The van der Waals surface area contributed by atoms with Crippen LogP contribution in [-0.2, 0) is 0 Å². The molecule has 0 unspecified atom stereocenters. The highest BCUT2D eigenvalue weighted by Gasteiger charge is 2.15. The number of fused-ring (bicyclic) bond motifs is 1. The minimum Gasteiger partial charge on any atom is -0.369 e. The quantitative estimate of drug-likeness (QED) is 0.651. The smallest absolute Gasteiger partial charge is 0.205 e. The number of aryl methyl sites for hydroxylation is 1. The van der Waals surface area contributed by atoms with Gasteiger partial charge < -0.3 is 5.73 Å². The Hall–Kier alpha value is -1.40. The minimum atomic E-state index is -0.345. The average molecular weight is 399 g/mol. The first-order valence-electron chi connectivity index (χ1n) is 5.87. The highest BCUT2D eigenvalue weighted by molar-refractivity contribution is 9.10. The highest BCUT2D eigenvalue weighted by atomic mass is 79.9. The maximum atomic E-state index is 13.8. The maximum Gasteiger partial charge on any atom is 0.205 e. The molecule has 2 N–H and O–H groups in total. The maximum absolute atomic E-state index is 13.8. The number of halogens is 3. The molecule has 0 aliphatic rings. The van der Waals surface area contributed by atoms with Gasteiger partial charge in [0.25, 0.3) is 0 Å². The molecule has 0 atom stereocenters. The summed E-state index contributed by atoms with van der Waals surface area (Å²) in [7, 11) is 0. The number of hydrogen-bond acceptors (Lipinski definition) is 2. The van der Waals surface area contributed by atoms with Gasteiger partial charge in [0.2, 0.25) is 5.95 Å². The summed E-state index contributed by atoms with van der Waals surface area (Å²) in [5.74, 6) is -0.0220. The average Bonchev–Trinajstić information content (AvgIpc) is 2.69. The van der Waals surface area contributed by atoms with Gasteiger partial charge in [-0.25, -0.2) is 9.37 Å². The van der Waals surface area contributed by atoms with Crippen molar-refractivity contribution < 1.29 is 4.39 Å². The molecule has 6 heteroatoms. The number of rotatable bonds is 1. The van der Waals surface area contributed by atoms with Crippen LogP contribution in [0.4, 0.5) is 10.3 Å². The van der Waals surface area contributed by atoms with Crippen LogP contribution < -0.4 is 5.73 Å². The molecular formula is C14H10Br2FN3. The number of aromatic nitrogens is 2. The topological polar surface area (TPSA) is 43.8 Å². The Bertz CT molecular complexity index is 827. The predicted octanol–water partition coefficient (Wildman–Crippen LogP) is 4.58. The zero-order chi connectivity index (χ0) is 14.4. The number of nitrogens with two attached hydrogens (primary N) is 1. The third kappa shape index (κ3) is 2.13. The molecule has 3 rings (SSSR count). The number of benzene rings is 2. The van der Waals surface area contributed by atoms with Crippen LogP contribution in [0.25, 0.3) is 16.7 Å². The predicted molar refractivity (Wildman–Crippen MR) is 85.6 cm³/mol. The molecule has 0 bridgehead atoms. The van der Waals surface area contributed by atoms with Gasteiger partial charge in [-0.05, 0) is 62.5 Å². The van der Waals surface area contributed by atoms with E-state index in [2.05, 4.69) is 36.8 Å². The van der Waals surface area contributed by atoms with Gasteiger partial charge in [0.05, 0.1) is 21.2 Å². The molecule has 1 aromatic heterocycles. The zero-order valence-corrected chi connectivity index (χ0v) is 13.7. The van der Waals surface area contributed by atoms with Crippen LogP contribution in [0.1, 0.15) is 5.56 Å². The van der Waals surface area contributed by atoms with Crippen molar-refractivity contribution in [1.29, 1.82) is 0 Å². The van der Waals surface area contributed by atoms with Gasteiger partial charge in [0, 0.05) is 10.5 Å². The van der Waals surface area contributed by atoms with Crippen molar-refractivity contribution in [2.24, 2.45) is 0 Å². The normalized spacial score (nSPS) is 11.2. The van der Waals surface area contributed by atoms with E-state index in [1.165, 1.54) is 6.07 Å². The monoisotopic (exact) mass is 397 g/mol. The summed E-state index contributed by atoms with van der Waals surface area (Å²) in [5.41, 5.74) is 9.20. The van der Waals surface area contributed by atoms with Crippen LogP contribution in [0.2, 0.25) is 0 Å². The number of hydrogen-bond donors (Lipinski definition) is 1. The molecule has 0 saturated carbocycles. The van der Waals surface area contributed by atoms with Crippen LogP contribution in [0.5, 0.6) is 0 Å². The molecule has 0 radical (unpaired) electrons. The van der Waals surface area contributed by atoms with E-state index in [0.29, 0.717) is 21.5 Å². The lowest BCUT2D eigenvalue weighted by atomic mass is 10.2. The van der Waals surface area contributed by atoms with Crippen LogP contribution in [0, 0.1) is 12.7 Å². The molecule has 3 nitrogen and oxygen atoms in total. The molecule has 20 heavy (non-hydrogen) atoms. The van der Waals surface area contributed by atoms with Gasteiger partial charge in [0.15, 0.2) is 0 Å². The van der Waals surface area contributed by atoms with E-state index >= 15 is 0 Å². The SMILES string of the molecule is Cc1ccc(Br)c(-n2c(N)nc3cc(Br)c(F)cc32)c1. The lowest BCUT2D eigenvalue weighted by Gasteiger charge is -2.10. The number of nitrogens with zero attached hydrogens (tertiary/aromatic N) is 2. The summed E-state index contributed by atoms with van der Waals surface area (Å²) in [6.45, 7) is 1.99. The summed E-state index contributed by atoms with van der Waals surface area (Å²) in [5, 5.41) is 0. The first-order valence-corrected chi connectivity index (χ1v) is 7.45. The summed E-state index contributed by atoms with van der Waals surface area (Å²) in [6, 6.07) is 8.95. The van der Waals surface area contributed by atoms with Gasteiger partial charge >= 0.3 is 0 Å². The van der Waals surface area contributed by atoms with E-state index in [1.807, 2.05) is 25.1 Å². The number of nitrogen functional groups attached to an aromatic ring is 1. The fourth-order valence-corrected chi connectivity index (χ4v) is 2.89. The Morgan fingerprint density at radius 3 is 2.65 bits per heavy atom. The molecule has 1 heterocycles. The molecule has 0 spiro atoms. The molecule has 0 aliphatic heterocycles. The second-order valence-electron chi connectivity index (χ2n) is 4.52. The van der Waals surface area contributed by atoms with E-state index in [-0.39, 0.29) is 5.82 Å². The van der Waals surface area contributed by atoms with Gasteiger partial charge in [-0.15, -0.1) is 0 Å². The first kappa shape index (κ1) is 13.6. The lowest BCUT2D eigenvalue weighted by molar-refractivity contribution is 0.622. The van der Waals surface area contributed by atoms with Crippen molar-refractivity contribution in [1.82, 2.24) is 9.55 Å². The van der Waals surface area contributed by atoms with Crippen LogP contribution >= 0.6 is 31.9 Å². The van der Waals surface area contributed by atoms with Crippen molar-refractivity contribution >= 4 is 48.8 Å². The van der Waals surface area contributed by atoms with E-state index < -0.39 is 0 Å². The molecular weight excluding hydrogens is 389 g/mol. The van der Waals surface area contributed by atoms with Gasteiger partial charge in [-0.1, -0.05) is 6.07 Å². The molecule has 0 amide bonds. The van der Waals surface area contributed by atoms with E-state index in [0.717, 1.165) is 15.7 Å². The zero-order valence-electron chi connectivity index (χ0n) is 10.5. The van der Waals surface area contributed by atoms with Crippen molar-refractivity contribution in [2.45, 2.75) is 6.92 Å². The fourth-order valence-electron chi connectivity index (χ4n) is 2.14. The van der Waals surface area contributed by atoms with Gasteiger partial charge in [0.1, 0.15) is 5.82 Å². The largest absolute Gasteiger partial charge is 0.369 e. The van der Waals surface area contributed by atoms with Crippen molar-refractivity contribution in [3.8, 4) is 5.69 Å². The molecule has 102 valence electrons. The van der Waals surface area contributed by atoms with Crippen LogP contribution in [-0.4, -0.2) is 9.55 Å². The molecule has 3 aromatic rings. The Kier molecular flexibility index (Phi) is 3.30. The molecule has 0 saturated heterocycles. The first-order chi connectivity index (χ1) is 9.47. The summed E-state index contributed by atoms with van der Waals surface area (Å²) < 4.78 is 16.8. The third-order valence-corrected chi connectivity index (χ3v) is 4.34. The fraction of sp³-hybridized carbons (Fsp3) is 0.0714. The van der Waals surface area contributed by atoms with Crippen molar-refractivity contribution in [3.05, 3.63) is 50.7 Å². The van der Waals surface area contributed by atoms with Crippen LogP contribution in [0.15, 0.2) is 39.3 Å². The molecule has 2 aromatic carbocycles.